The fourth-order valence-corrected chi connectivity index (χ4v) is 3.07. The van der Waals surface area contributed by atoms with Gasteiger partial charge in [0.15, 0.2) is 0 Å². The van der Waals surface area contributed by atoms with Crippen LogP contribution in [0.4, 0.5) is 5.69 Å². The molecule has 1 atom stereocenters. The molecule has 1 aromatic rings. The van der Waals surface area contributed by atoms with Crippen LogP contribution < -0.4 is 10.2 Å². The van der Waals surface area contributed by atoms with Crippen LogP contribution in [0.1, 0.15) is 51.1 Å². The summed E-state index contributed by atoms with van der Waals surface area (Å²) < 4.78 is 0. The van der Waals surface area contributed by atoms with Gasteiger partial charge in [-0.2, -0.15) is 0 Å². The molecular weight excluding hydrogens is 248 g/mol. The second-order valence-corrected chi connectivity index (χ2v) is 5.58. The summed E-state index contributed by atoms with van der Waals surface area (Å²) >= 11 is 0. The van der Waals surface area contributed by atoms with E-state index >= 15 is 0 Å². The highest BCUT2D eigenvalue weighted by molar-refractivity contribution is 5.56. The average molecular weight is 276 g/mol. The van der Waals surface area contributed by atoms with Crippen LogP contribution in [0.2, 0.25) is 0 Å². The van der Waals surface area contributed by atoms with E-state index in [1.54, 1.807) is 0 Å². The van der Waals surface area contributed by atoms with Crippen molar-refractivity contribution in [1.82, 2.24) is 5.32 Å². The number of hydrogen-bond acceptors (Lipinski definition) is 3. The van der Waals surface area contributed by atoms with Crippen LogP contribution in [0.15, 0.2) is 24.3 Å². The van der Waals surface area contributed by atoms with Crippen molar-refractivity contribution in [3.05, 3.63) is 29.8 Å². The minimum Gasteiger partial charge on any atom is -0.395 e. The number of aliphatic hydroxyl groups excluding tert-OH is 1. The topological polar surface area (TPSA) is 35.5 Å². The molecule has 0 radical (unpaired) electrons. The first kappa shape index (κ1) is 15.3. The van der Waals surface area contributed by atoms with Gasteiger partial charge in [-0.05, 0) is 43.9 Å². The fourth-order valence-electron chi connectivity index (χ4n) is 3.07. The lowest BCUT2D eigenvalue weighted by Gasteiger charge is -2.40. The van der Waals surface area contributed by atoms with E-state index < -0.39 is 0 Å². The standard InChI is InChI=1S/C17H28N2O/c1-3-16(18-4-2)15-10-5-6-11-17(15)19(12-13-20)14-8-7-9-14/h5-6,10-11,14,16,18,20H,3-4,7-9,12-13H2,1-2H3. The van der Waals surface area contributed by atoms with Crippen molar-refractivity contribution in [2.75, 3.05) is 24.6 Å². The molecule has 0 amide bonds. The molecule has 0 saturated heterocycles. The van der Waals surface area contributed by atoms with Crippen molar-refractivity contribution >= 4 is 5.69 Å². The van der Waals surface area contributed by atoms with Gasteiger partial charge in [-0.1, -0.05) is 32.0 Å². The Labute approximate surface area is 123 Å². The number of hydrogen-bond donors (Lipinski definition) is 2. The van der Waals surface area contributed by atoms with Crippen molar-refractivity contribution < 1.29 is 5.11 Å². The third-order valence-electron chi connectivity index (χ3n) is 4.34. The molecule has 112 valence electrons. The van der Waals surface area contributed by atoms with Gasteiger partial charge < -0.3 is 15.3 Å². The number of anilines is 1. The Morgan fingerprint density at radius 2 is 2.05 bits per heavy atom. The summed E-state index contributed by atoms with van der Waals surface area (Å²) in [7, 11) is 0. The van der Waals surface area contributed by atoms with Gasteiger partial charge in [0.05, 0.1) is 6.61 Å². The minimum atomic E-state index is 0.225. The molecule has 1 aliphatic rings. The van der Waals surface area contributed by atoms with Crippen molar-refractivity contribution in [1.29, 1.82) is 0 Å². The predicted octanol–water partition coefficient (Wildman–Crippen LogP) is 3.10. The lowest BCUT2D eigenvalue weighted by atomic mass is 9.90. The van der Waals surface area contributed by atoms with E-state index in [9.17, 15) is 5.11 Å². The number of nitrogens with zero attached hydrogens (tertiary/aromatic N) is 1. The van der Waals surface area contributed by atoms with Gasteiger partial charge >= 0.3 is 0 Å². The zero-order chi connectivity index (χ0) is 14.4. The predicted molar refractivity (Wildman–Crippen MR) is 85.2 cm³/mol. The Morgan fingerprint density at radius 3 is 2.60 bits per heavy atom. The van der Waals surface area contributed by atoms with E-state index in [1.165, 1.54) is 30.5 Å². The summed E-state index contributed by atoms with van der Waals surface area (Å²) in [6, 6.07) is 9.69. The quantitative estimate of drug-likeness (QED) is 0.766. The Kier molecular flexibility index (Phi) is 5.86. The van der Waals surface area contributed by atoms with E-state index in [1.807, 2.05) is 0 Å². The Balaban J connectivity index is 2.28. The van der Waals surface area contributed by atoms with Crippen molar-refractivity contribution in [3.8, 4) is 0 Å². The van der Waals surface area contributed by atoms with Gasteiger partial charge in [-0.3, -0.25) is 0 Å². The van der Waals surface area contributed by atoms with Gasteiger partial charge in [0.2, 0.25) is 0 Å². The monoisotopic (exact) mass is 276 g/mol. The van der Waals surface area contributed by atoms with Crippen LogP contribution in [0, 0.1) is 0 Å². The number of aliphatic hydroxyl groups is 1. The smallest absolute Gasteiger partial charge is 0.0606 e. The van der Waals surface area contributed by atoms with Crippen LogP contribution in [-0.4, -0.2) is 30.8 Å². The summed E-state index contributed by atoms with van der Waals surface area (Å²) in [4.78, 5) is 2.42. The zero-order valence-corrected chi connectivity index (χ0v) is 12.8. The summed E-state index contributed by atoms with van der Waals surface area (Å²) in [6.07, 6.45) is 4.92. The molecule has 2 rings (SSSR count). The summed E-state index contributed by atoms with van der Waals surface area (Å²) in [5, 5.41) is 13.0. The largest absolute Gasteiger partial charge is 0.395 e. The highest BCUT2D eigenvalue weighted by atomic mass is 16.3. The van der Waals surface area contributed by atoms with Crippen LogP contribution in [-0.2, 0) is 0 Å². The molecule has 1 saturated carbocycles. The van der Waals surface area contributed by atoms with E-state index in [0.717, 1.165) is 19.5 Å². The lowest BCUT2D eigenvalue weighted by Crippen LogP contribution is -2.42. The summed E-state index contributed by atoms with van der Waals surface area (Å²) in [6.45, 7) is 6.33. The first-order chi connectivity index (χ1) is 9.81. The molecule has 1 aliphatic carbocycles. The molecule has 0 aromatic heterocycles. The van der Waals surface area contributed by atoms with Crippen molar-refractivity contribution in [2.24, 2.45) is 0 Å². The third-order valence-corrected chi connectivity index (χ3v) is 4.34. The average Bonchev–Trinajstić information content (AvgIpc) is 2.42. The molecule has 1 aromatic carbocycles. The van der Waals surface area contributed by atoms with Gasteiger partial charge in [0, 0.05) is 24.3 Å². The number of benzene rings is 1. The zero-order valence-electron chi connectivity index (χ0n) is 12.8. The Bertz CT molecular complexity index is 404. The maximum atomic E-state index is 9.40. The molecule has 0 spiro atoms. The SMILES string of the molecule is CCNC(CC)c1ccccc1N(CCO)C1CCC1. The molecular formula is C17H28N2O. The Hall–Kier alpha value is -1.06. The first-order valence-electron chi connectivity index (χ1n) is 8.01. The first-order valence-corrected chi connectivity index (χ1v) is 8.01. The summed E-state index contributed by atoms with van der Waals surface area (Å²) in [5.74, 6) is 0. The molecule has 0 aliphatic heterocycles. The third kappa shape index (κ3) is 3.33. The van der Waals surface area contributed by atoms with Crippen LogP contribution in [0.25, 0.3) is 0 Å². The normalized spacial score (nSPS) is 16.8. The van der Waals surface area contributed by atoms with Crippen molar-refractivity contribution in [2.45, 2.75) is 51.6 Å². The van der Waals surface area contributed by atoms with Crippen LogP contribution >= 0.6 is 0 Å². The molecule has 1 unspecified atom stereocenters. The van der Waals surface area contributed by atoms with E-state index in [2.05, 4.69) is 48.3 Å². The molecule has 3 nitrogen and oxygen atoms in total. The Morgan fingerprint density at radius 1 is 1.30 bits per heavy atom. The highest BCUT2D eigenvalue weighted by Crippen LogP contribution is 2.34. The summed E-state index contributed by atoms with van der Waals surface area (Å²) in [5.41, 5.74) is 2.68. The van der Waals surface area contributed by atoms with Gasteiger partial charge in [0.1, 0.15) is 0 Å². The minimum absolute atomic E-state index is 0.225. The second-order valence-electron chi connectivity index (χ2n) is 5.58. The molecule has 0 heterocycles. The molecule has 1 fully saturated rings. The van der Waals surface area contributed by atoms with E-state index in [4.69, 9.17) is 0 Å². The highest BCUT2D eigenvalue weighted by Gasteiger charge is 2.27. The number of rotatable bonds is 8. The molecule has 2 N–H and O–H groups in total. The molecule has 20 heavy (non-hydrogen) atoms. The van der Waals surface area contributed by atoms with Crippen LogP contribution in [0.5, 0.6) is 0 Å². The second kappa shape index (κ2) is 7.65. The maximum Gasteiger partial charge on any atom is 0.0606 e. The van der Waals surface area contributed by atoms with Crippen LogP contribution in [0.3, 0.4) is 0 Å². The lowest BCUT2D eigenvalue weighted by molar-refractivity contribution is 0.283. The fraction of sp³-hybridized carbons (Fsp3) is 0.647. The molecule has 0 bridgehead atoms. The van der Waals surface area contributed by atoms with Gasteiger partial charge in [-0.15, -0.1) is 0 Å². The van der Waals surface area contributed by atoms with Gasteiger partial charge in [0.25, 0.3) is 0 Å². The number of nitrogens with one attached hydrogen (secondary N) is 1. The molecule has 3 heteroatoms. The van der Waals surface area contributed by atoms with E-state index in [0.29, 0.717) is 12.1 Å². The van der Waals surface area contributed by atoms with Crippen molar-refractivity contribution in [3.63, 3.8) is 0 Å². The maximum absolute atomic E-state index is 9.40. The van der Waals surface area contributed by atoms with E-state index in [-0.39, 0.29) is 6.61 Å². The van der Waals surface area contributed by atoms with Gasteiger partial charge in [-0.25, -0.2) is 0 Å². The number of para-hydroxylation sites is 1.